The SMILES string of the molecule is O=c1[nH]c(=O)c2sc(N/N=C/c3ccco3)nc2[nH]1. The first kappa shape index (κ1) is 11.4. The van der Waals surface area contributed by atoms with Crippen LogP contribution in [0.1, 0.15) is 5.76 Å². The van der Waals surface area contributed by atoms with Crippen LogP contribution in [0.2, 0.25) is 0 Å². The number of hydrogen-bond acceptors (Lipinski definition) is 7. The van der Waals surface area contributed by atoms with Crippen LogP contribution in [0.25, 0.3) is 10.3 Å². The molecule has 0 aliphatic rings. The lowest BCUT2D eigenvalue weighted by molar-refractivity contribution is 0.560. The van der Waals surface area contributed by atoms with E-state index in [1.807, 2.05) is 0 Å². The molecule has 0 spiro atoms. The number of rotatable bonds is 3. The van der Waals surface area contributed by atoms with Gasteiger partial charge in [-0.3, -0.25) is 20.2 Å². The van der Waals surface area contributed by atoms with Crippen molar-refractivity contribution in [3.05, 3.63) is 45.0 Å². The van der Waals surface area contributed by atoms with Gasteiger partial charge in [-0.25, -0.2) is 9.78 Å². The fourth-order valence-electron chi connectivity index (χ4n) is 1.42. The van der Waals surface area contributed by atoms with Crippen LogP contribution in [-0.2, 0) is 0 Å². The maximum absolute atomic E-state index is 11.5. The first-order chi connectivity index (χ1) is 9.22. The van der Waals surface area contributed by atoms with Gasteiger partial charge in [0.1, 0.15) is 10.5 Å². The summed E-state index contributed by atoms with van der Waals surface area (Å²) >= 11 is 1.09. The van der Waals surface area contributed by atoms with Crippen LogP contribution in [0, 0.1) is 0 Å². The molecular formula is C10H7N5O3S. The van der Waals surface area contributed by atoms with E-state index in [1.165, 1.54) is 12.5 Å². The summed E-state index contributed by atoms with van der Waals surface area (Å²) in [5.74, 6) is 0.583. The number of anilines is 1. The lowest BCUT2D eigenvalue weighted by atomic mass is 10.5. The van der Waals surface area contributed by atoms with E-state index in [-0.39, 0.29) is 5.65 Å². The Labute approximate surface area is 108 Å². The minimum absolute atomic E-state index is 0.231. The molecule has 0 unspecified atom stereocenters. The van der Waals surface area contributed by atoms with Gasteiger partial charge < -0.3 is 4.42 Å². The molecule has 0 aromatic carbocycles. The number of H-pyrrole nitrogens is 2. The zero-order valence-electron chi connectivity index (χ0n) is 9.34. The van der Waals surface area contributed by atoms with Gasteiger partial charge in [-0.05, 0) is 12.1 Å². The number of hydrogen-bond donors (Lipinski definition) is 3. The molecule has 8 nitrogen and oxygen atoms in total. The highest BCUT2D eigenvalue weighted by atomic mass is 32.1. The largest absolute Gasteiger partial charge is 0.463 e. The highest BCUT2D eigenvalue weighted by molar-refractivity contribution is 7.22. The van der Waals surface area contributed by atoms with Gasteiger partial charge >= 0.3 is 5.69 Å². The maximum atomic E-state index is 11.5. The molecule has 0 bridgehead atoms. The zero-order valence-corrected chi connectivity index (χ0v) is 10.2. The van der Waals surface area contributed by atoms with Crippen molar-refractivity contribution in [2.24, 2.45) is 5.10 Å². The third-order valence-electron chi connectivity index (χ3n) is 2.19. The Kier molecular flexibility index (Phi) is 2.72. The van der Waals surface area contributed by atoms with Crippen LogP contribution in [0.15, 0.2) is 37.5 Å². The molecule has 19 heavy (non-hydrogen) atoms. The average molecular weight is 277 g/mol. The molecule has 3 N–H and O–H groups in total. The predicted molar refractivity (Wildman–Crippen MR) is 70.8 cm³/mol. The Morgan fingerprint density at radius 1 is 1.42 bits per heavy atom. The lowest BCUT2D eigenvalue weighted by Crippen LogP contribution is -2.20. The fourth-order valence-corrected chi connectivity index (χ4v) is 2.19. The summed E-state index contributed by atoms with van der Waals surface area (Å²) in [6.07, 6.45) is 3.00. The number of hydrazone groups is 1. The molecule has 3 heterocycles. The molecule has 0 amide bonds. The zero-order chi connectivity index (χ0) is 13.2. The normalized spacial score (nSPS) is 11.4. The van der Waals surface area contributed by atoms with Crippen molar-refractivity contribution in [3.63, 3.8) is 0 Å². The number of furan rings is 1. The lowest BCUT2D eigenvalue weighted by Gasteiger charge is -1.89. The topological polar surface area (TPSA) is 116 Å². The summed E-state index contributed by atoms with van der Waals surface area (Å²) < 4.78 is 5.39. The number of aromatic nitrogens is 3. The molecule has 0 atom stereocenters. The minimum atomic E-state index is -0.589. The van der Waals surface area contributed by atoms with E-state index in [0.717, 1.165) is 11.3 Å². The Hall–Kier alpha value is -2.68. The number of thiazole rings is 1. The molecule has 0 radical (unpaired) electrons. The molecule has 9 heteroatoms. The van der Waals surface area contributed by atoms with Crippen LogP contribution in [0.4, 0.5) is 5.13 Å². The van der Waals surface area contributed by atoms with E-state index < -0.39 is 11.2 Å². The number of nitrogens with zero attached hydrogens (tertiary/aromatic N) is 2. The van der Waals surface area contributed by atoms with Crippen molar-refractivity contribution >= 4 is 33.0 Å². The standard InChI is InChI=1S/C10H7N5O3S/c16-8-6-7(12-9(17)14-8)13-10(19-6)15-11-4-5-2-1-3-18-5/h1-4H,(H3,12,13,14,15,16,17)/b11-4+. The Bertz CT molecular complexity index is 842. The summed E-state index contributed by atoms with van der Waals surface area (Å²) in [6, 6.07) is 3.48. The molecule has 0 saturated heterocycles. The van der Waals surface area contributed by atoms with Gasteiger partial charge in [-0.15, -0.1) is 0 Å². The van der Waals surface area contributed by atoms with Gasteiger partial charge in [0.05, 0.1) is 12.5 Å². The number of nitrogens with one attached hydrogen (secondary N) is 3. The van der Waals surface area contributed by atoms with Crippen LogP contribution >= 0.6 is 11.3 Å². The summed E-state index contributed by atoms with van der Waals surface area (Å²) in [4.78, 5) is 31.2. The molecule has 0 fully saturated rings. The first-order valence-corrected chi connectivity index (χ1v) is 6.00. The van der Waals surface area contributed by atoms with Crippen molar-refractivity contribution < 1.29 is 4.42 Å². The van der Waals surface area contributed by atoms with Crippen LogP contribution in [0.5, 0.6) is 0 Å². The van der Waals surface area contributed by atoms with Crippen LogP contribution < -0.4 is 16.7 Å². The van der Waals surface area contributed by atoms with Crippen molar-refractivity contribution in [2.45, 2.75) is 0 Å². The Morgan fingerprint density at radius 3 is 3.11 bits per heavy atom. The molecular weight excluding hydrogens is 270 g/mol. The van der Waals surface area contributed by atoms with Crippen molar-refractivity contribution in [1.82, 2.24) is 15.0 Å². The molecule has 96 valence electrons. The number of fused-ring (bicyclic) bond motifs is 1. The fraction of sp³-hybridized carbons (Fsp3) is 0. The van der Waals surface area contributed by atoms with Crippen molar-refractivity contribution in [2.75, 3.05) is 5.43 Å². The predicted octanol–water partition coefficient (Wildman–Crippen LogP) is 0.712. The van der Waals surface area contributed by atoms with Gasteiger partial charge in [-0.2, -0.15) is 5.10 Å². The highest BCUT2D eigenvalue weighted by Crippen LogP contribution is 2.20. The molecule has 0 saturated carbocycles. The molecule has 3 rings (SSSR count). The maximum Gasteiger partial charge on any atom is 0.327 e. The second-order valence-electron chi connectivity index (χ2n) is 3.49. The second kappa shape index (κ2) is 4.53. The third kappa shape index (κ3) is 2.31. The molecule has 3 aromatic heterocycles. The minimum Gasteiger partial charge on any atom is -0.463 e. The summed E-state index contributed by atoms with van der Waals surface area (Å²) in [7, 11) is 0. The van der Waals surface area contributed by atoms with E-state index in [4.69, 9.17) is 4.42 Å². The summed E-state index contributed by atoms with van der Waals surface area (Å²) in [5.41, 5.74) is 1.83. The van der Waals surface area contributed by atoms with Gasteiger partial charge in [0.25, 0.3) is 5.56 Å². The second-order valence-corrected chi connectivity index (χ2v) is 4.49. The highest BCUT2D eigenvalue weighted by Gasteiger charge is 2.07. The van der Waals surface area contributed by atoms with Crippen LogP contribution in [0.3, 0.4) is 0 Å². The molecule has 0 aliphatic heterocycles. The average Bonchev–Trinajstić information content (AvgIpc) is 2.98. The molecule has 0 aliphatic carbocycles. The Morgan fingerprint density at radius 2 is 2.32 bits per heavy atom. The smallest absolute Gasteiger partial charge is 0.327 e. The van der Waals surface area contributed by atoms with E-state index in [2.05, 4.69) is 25.5 Å². The summed E-state index contributed by atoms with van der Waals surface area (Å²) in [6.45, 7) is 0. The van der Waals surface area contributed by atoms with Crippen molar-refractivity contribution in [1.29, 1.82) is 0 Å². The van der Waals surface area contributed by atoms with Gasteiger partial charge in [0.2, 0.25) is 5.13 Å². The quantitative estimate of drug-likeness (QED) is 0.481. The van der Waals surface area contributed by atoms with Gasteiger partial charge in [0.15, 0.2) is 5.65 Å². The van der Waals surface area contributed by atoms with Gasteiger partial charge in [-0.1, -0.05) is 11.3 Å². The Balaban J connectivity index is 1.88. The third-order valence-corrected chi connectivity index (χ3v) is 3.15. The van der Waals surface area contributed by atoms with E-state index in [0.29, 0.717) is 15.6 Å². The van der Waals surface area contributed by atoms with E-state index in [1.54, 1.807) is 12.1 Å². The van der Waals surface area contributed by atoms with E-state index in [9.17, 15) is 9.59 Å². The van der Waals surface area contributed by atoms with Crippen molar-refractivity contribution in [3.8, 4) is 0 Å². The summed E-state index contributed by atoms with van der Waals surface area (Å²) in [5, 5.41) is 4.30. The first-order valence-electron chi connectivity index (χ1n) is 5.18. The van der Waals surface area contributed by atoms with Crippen LogP contribution in [-0.4, -0.2) is 21.2 Å². The van der Waals surface area contributed by atoms with E-state index >= 15 is 0 Å². The monoisotopic (exact) mass is 277 g/mol. The number of aromatic amines is 2. The van der Waals surface area contributed by atoms with Gasteiger partial charge in [0, 0.05) is 0 Å². The molecule has 3 aromatic rings.